The van der Waals surface area contributed by atoms with Gasteiger partial charge >= 0.3 is 0 Å². The quantitative estimate of drug-likeness (QED) is 0.864. The maximum Gasteiger partial charge on any atom is 0.122 e. The van der Waals surface area contributed by atoms with Crippen molar-refractivity contribution in [1.82, 2.24) is 10.2 Å². The first kappa shape index (κ1) is 13.4. The highest BCUT2D eigenvalue weighted by atomic mass is 16.5. The van der Waals surface area contributed by atoms with Crippen LogP contribution in [0.25, 0.3) is 0 Å². The van der Waals surface area contributed by atoms with Gasteiger partial charge < -0.3 is 10.1 Å². The summed E-state index contributed by atoms with van der Waals surface area (Å²) >= 11 is 0. The second kappa shape index (κ2) is 6.21. The van der Waals surface area contributed by atoms with Crippen molar-refractivity contribution in [3.63, 3.8) is 0 Å². The van der Waals surface area contributed by atoms with Crippen LogP contribution in [0.4, 0.5) is 0 Å². The number of methoxy groups -OCH3 is 1. The lowest BCUT2D eigenvalue weighted by Gasteiger charge is -2.24. The minimum absolute atomic E-state index is 0.683. The van der Waals surface area contributed by atoms with E-state index in [4.69, 9.17) is 4.74 Å². The highest BCUT2D eigenvalue weighted by Gasteiger charge is 2.23. The van der Waals surface area contributed by atoms with E-state index in [2.05, 4.69) is 35.3 Å². The van der Waals surface area contributed by atoms with Gasteiger partial charge in [-0.2, -0.15) is 0 Å². The summed E-state index contributed by atoms with van der Waals surface area (Å²) in [4.78, 5) is 2.57. The van der Waals surface area contributed by atoms with E-state index in [-0.39, 0.29) is 0 Å². The fourth-order valence-corrected chi connectivity index (χ4v) is 2.77. The van der Waals surface area contributed by atoms with Gasteiger partial charge in [-0.1, -0.05) is 12.1 Å². The second-order valence-corrected chi connectivity index (χ2v) is 5.13. The first-order chi connectivity index (χ1) is 8.74. The molecule has 100 valence electrons. The van der Waals surface area contributed by atoms with Crippen molar-refractivity contribution in [3.05, 3.63) is 29.3 Å². The zero-order valence-electron chi connectivity index (χ0n) is 11.7. The molecule has 1 saturated heterocycles. The number of likely N-dealkylation sites (tertiary alicyclic amines) is 1. The highest BCUT2D eigenvalue weighted by molar-refractivity contribution is 5.36. The van der Waals surface area contributed by atoms with Gasteiger partial charge in [0.2, 0.25) is 0 Å². The number of aryl methyl sites for hydroxylation is 1. The Morgan fingerprint density at radius 1 is 1.44 bits per heavy atom. The molecule has 0 saturated carbocycles. The van der Waals surface area contributed by atoms with Crippen LogP contribution in [0.2, 0.25) is 0 Å². The lowest BCUT2D eigenvalue weighted by Crippen LogP contribution is -2.36. The summed E-state index contributed by atoms with van der Waals surface area (Å²) in [5, 5.41) is 3.29. The van der Waals surface area contributed by atoms with Crippen LogP contribution in [0.3, 0.4) is 0 Å². The van der Waals surface area contributed by atoms with E-state index in [1.54, 1.807) is 7.11 Å². The normalized spacial score (nSPS) is 20.3. The molecule has 18 heavy (non-hydrogen) atoms. The number of benzene rings is 1. The van der Waals surface area contributed by atoms with Crippen molar-refractivity contribution in [2.24, 2.45) is 0 Å². The van der Waals surface area contributed by atoms with Crippen LogP contribution in [0.15, 0.2) is 18.2 Å². The molecule has 1 fully saturated rings. The molecule has 0 amide bonds. The summed E-state index contributed by atoms with van der Waals surface area (Å²) in [5.41, 5.74) is 2.55. The first-order valence-corrected chi connectivity index (χ1v) is 6.76. The second-order valence-electron chi connectivity index (χ2n) is 5.13. The molecule has 1 aromatic rings. The molecule has 1 unspecified atom stereocenters. The van der Waals surface area contributed by atoms with E-state index in [1.165, 1.54) is 30.5 Å². The molecule has 1 aromatic carbocycles. The number of nitrogens with one attached hydrogen (secondary N) is 1. The van der Waals surface area contributed by atoms with Gasteiger partial charge in [-0.15, -0.1) is 0 Å². The van der Waals surface area contributed by atoms with Crippen molar-refractivity contribution >= 4 is 0 Å². The lowest BCUT2D eigenvalue weighted by atomic mass is 10.1. The predicted molar refractivity (Wildman–Crippen MR) is 75.1 cm³/mol. The summed E-state index contributed by atoms with van der Waals surface area (Å²) in [5.74, 6) is 0.997. The van der Waals surface area contributed by atoms with E-state index in [0.717, 1.165) is 18.8 Å². The monoisotopic (exact) mass is 248 g/mol. The Balaban J connectivity index is 2.04. The molecule has 1 N–H and O–H groups in total. The summed E-state index contributed by atoms with van der Waals surface area (Å²) in [6.45, 7) is 5.41. The molecule has 1 atom stereocenters. The average molecular weight is 248 g/mol. The first-order valence-electron chi connectivity index (χ1n) is 6.76. The van der Waals surface area contributed by atoms with Crippen molar-refractivity contribution in [2.45, 2.75) is 32.4 Å². The molecule has 3 heteroatoms. The molecule has 0 aromatic heterocycles. The topological polar surface area (TPSA) is 24.5 Å². The third-order valence-electron chi connectivity index (χ3n) is 3.80. The van der Waals surface area contributed by atoms with Gasteiger partial charge in [0.05, 0.1) is 7.11 Å². The Morgan fingerprint density at radius 3 is 3.00 bits per heavy atom. The number of nitrogens with zero attached hydrogens (tertiary/aromatic N) is 1. The molecule has 0 bridgehead atoms. The van der Waals surface area contributed by atoms with Crippen molar-refractivity contribution in [2.75, 3.05) is 27.2 Å². The Labute approximate surface area is 110 Å². The summed E-state index contributed by atoms with van der Waals surface area (Å²) in [6, 6.07) is 7.22. The Bertz CT molecular complexity index is 392. The largest absolute Gasteiger partial charge is 0.496 e. The van der Waals surface area contributed by atoms with Crippen molar-refractivity contribution in [1.29, 1.82) is 0 Å². The molecule has 0 spiro atoms. The van der Waals surface area contributed by atoms with E-state index in [9.17, 15) is 0 Å². The van der Waals surface area contributed by atoms with E-state index in [1.807, 2.05) is 7.05 Å². The van der Waals surface area contributed by atoms with Crippen LogP contribution in [0.1, 0.15) is 24.0 Å². The van der Waals surface area contributed by atoms with Gasteiger partial charge in [-0.25, -0.2) is 0 Å². The maximum absolute atomic E-state index is 5.39. The molecule has 1 aliphatic heterocycles. The average Bonchev–Trinajstić information content (AvgIpc) is 2.80. The summed E-state index contributed by atoms with van der Waals surface area (Å²) in [7, 11) is 3.77. The number of rotatable bonds is 5. The van der Waals surface area contributed by atoms with Gasteiger partial charge in [0.1, 0.15) is 5.75 Å². The van der Waals surface area contributed by atoms with Crippen molar-refractivity contribution in [3.8, 4) is 5.75 Å². The van der Waals surface area contributed by atoms with Crippen LogP contribution < -0.4 is 10.1 Å². The van der Waals surface area contributed by atoms with Gasteiger partial charge in [-0.3, -0.25) is 4.90 Å². The van der Waals surface area contributed by atoms with E-state index < -0.39 is 0 Å². The lowest BCUT2D eigenvalue weighted by molar-refractivity contribution is 0.242. The van der Waals surface area contributed by atoms with Crippen molar-refractivity contribution < 1.29 is 4.74 Å². The number of likely N-dealkylation sites (N-methyl/N-ethyl adjacent to an activating group) is 1. The standard InChI is InChI=1S/C15H24N2O/c1-12-6-7-13(9-15(12)18-3)11-17-8-4-5-14(17)10-16-2/h6-7,9,14,16H,4-5,8,10-11H2,1-3H3. The van der Waals surface area contributed by atoms with E-state index >= 15 is 0 Å². The minimum atomic E-state index is 0.683. The summed E-state index contributed by atoms with van der Waals surface area (Å²) in [6.07, 6.45) is 2.62. The molecule has 1 heterocycles. The number of hydrogen-bond donors (Lipinski definition) is 1. The highest BCUT2D eigenvalue weighted by Crippen LogP contribution is 2.23. The molecule has 0 aliphatic carbocycles. The molecule has 0 radical (unpaired) electrons. The van der Waals surface area contributed by atoms with Gasteiger partial charge in [-0.05, 0) is 50.6 Å². The fourth-order valence-electron chi connectivity index (χ4n) is 2.77. The van der Waals surface area contributed by atoms with Crippen LogP contribution in [0.5, 0.6) is 5.75 Å². The fraction of sp³-hybridized carbons (Fsp3) is 0.600. The Morgan fingerprint density at radius 2 is 2.28 bits per heavy atom. The summed E-state index contributed by atoms with van der Waals surface area (Å²) < 4.78 is 5.39. The smallest absolute Gasteiger partial charge is 0.122 e. The van der Waals surface area contributed by atoms with Gasteiger partial charge in [0.25, 0.3) is 0 Å². The van der Waals surface area contributed by atoms with Crippen LogP contribution >= 0.6 is 0 Å². The Kier molecular flexibility index (Phi) is 4.61. The molecular formula is C15H24N2O. The third-order valence-corrected chi connectivity index (χ3v) is 3.80. The van der Waals surface area contributed by atoms with Crippen LogP contribution in [-0.4, -0.2) is 38.2 Å². The Hall–Kier alpha value is -1.06. The predicted octanol–water partition coefficient (Wildman–Crippen LogP) is 2.19. The van der Waals surface area contributed by atoms with Gasteiger partial charge in [0, 0.05) is 19.1 Å². The zero-order valence-corrected chi connectivity index (χ0v) is 11.7. The third kappa shape index (κ3) is 3.03. The van der Waals surface area contributed by atoms with Gasteiger partial charge in [0.15, 0.2) is 0 Å². The minimum Gasteiger partial charge on any atom is -0.496 e. The van der Waals surface area contributed by atoms with E-state index in [0.29, 0.717) is 6.04 Å². The SMILES string of the molecule is CNCC1CCCN1Cc1ccc(C)c(OC)c1. The van der Waals surface area contributed by atoms with Crippen LogP contribution in [-0.2, 0) is 6.54 Å². The molecule has 2 rings (SSSR count). The zero-order chi connectivity index (χ0) is 13.0. The maximum atomic E-state index is 5.39. The molecule has 3 nitrogen and oxygen atoms in total. The van der Waals surface area contributed by atoms with Crippen LogP contribution in [0, 0.1) is 6.92 Å². The molecular weight excluding hydrogens is 224 g/mol. The molecule has 1 aliphatic rings. The number of hydrogen-bond acceptors (Lipinski definition) is 3. The number of ether oxygens (including phenoxy) is 1.